The molecule has 1 atom stereocenters. The fraction of sp³-hybridized carbons (Fsp3) is 0.692. The summed E-state index contributed by atoms with van der Waals surface area (Å²) >= 11 is 0. The van der Waals surface area contributed by atoms with E-state index >= 15 is 0 Å². The highest BCUT2D eigenvalue weighted by Gasteiger charge is 2.26. The summed E-state index contributed by atoms with van der Waals surface area (Å²) in [5.41, 5.74) is 1.26. The van der Waals surface area contributed by atoms with Gasteiger partial charge in [-0.3, -0.25) is 4.79 Å². The lowest BCUT2D eigenvalue weighted by Gasteiger charge is -2.35. The zero-order valence-corrected chi connectivity index (χ0v) is 21.4. The summed E-state index contributed by atoms with van der Waals surface area (Å²) in [6, 6.07) is 3.59. The van der Waals surface area contributed by atoms with Crippen molar-refractivity contribution < 1.29 is 14.3 Å². The highest BCUT2D eigenvalue weighted by Crippen LogP contribution is 2.30. The first kappa shape index (κ1) is 26.0. The van der Waals surface area contributed by atoms with E-state index in [-0.39, 0.29) is 12.0 Å². The topological polar surface area (TPSA) is 78.9 Å². The minimum atomic E-state index is -0.500. The zero-order chi connectivity index (χ0) is 24.7. The van der Waals surface area contributed by atoms with Crippen molar-refractivity contribution in [3.05, 3.63) is 30.0 Å². The molecule has 2 heterocycles. The van der Waals surface area contributed by atoms with Gasteiger partial charge >= 0.3 is 6.09 Å². The maximum atomic E-state index is 12.7. The Bertz CT molecular complexity index is 841. The molecule has 0 aromatic carbocycles. The molecule has 3 rings (SSSR count). The maximum absolute atomic E-state index is 12.7. The van der Waals surface area contributed by atoms with E-state index in [9.17, 15) is 9.59 Å². The molecule has 0 N–H and O–H groups in total. The van der Waals surface area contributed by atoms with Gasteiger partial charge in [0.25, 0.3) is 5.91 Å². The van der Waals surface area contributed by atoms with Crippen LogP contribution in [0.3, 0.4) is 0 Å². The lowest BCUT2D eigenvalue weighted by molar-refractivity contribution is 0.0240. The third-order valence-electron chi connectivity index (χ3n) is 6.55. The number of carbonyl (C=O) groups excluding carboxylic acids is 2. The number of hydrogen-bond donors (Lipinski definition) is 0. The van der Waals surface area contributed by atoms with Crippen LogP contribution in [0.2, 0.25) is 0 Å². The Morgan fingerprint density at radius 3 is 2.50 bits per heavy atom. The summed E-state index contributed by atoms with van der Waals surface area (Å²) in [6.07, 6.45) is 8.02. The predicted octanol–water partition coefficient (Wildman–Crippen LogP) is 4.52. The van der Waals surface area contributed by atoms with Gasteiger partial charge in [-0.05, 0) is 70.9 Å². The molecule has 0 radical (unpaired) electrons. The minimum absolute atomic E-state index is 0.0974. The third-order valence-corrected chi connectivity index (χ3v) is 6.55. The Morgan fingerprint density at radius 1 is 1.15 bits per heavy atom. The molecule has 8 heteroatoms. The quantitative estimate of drug-likeness (QED) is 0.430. The summed E-state index contributed by atoms with van der Waals surface area (Å²) in [5, 5.41) is 8.48. The number of hydrogen-bond acceptors (Lipinski definition) is 6. The maximum Gasteiger partial charge on any atom is 0.410 e. The van der Waals surface area contributed by atoms with Gasteiger partial charge in [-0.2, -0.15) is 0 Å². The van der Waals surface area contributed by atoms with Crippen LogP contribution in [0, 0.1) is 5.92 Å². The number of allylic oxidation sites excluding steroid dienone is 1. The minimum Gasteiger partial charge on any atom is -0.444 e. The second-order valence-electron chi connectivity index (χ2n) is 10.7. The fourth-order valence-corrected chi connectivity index (χ4v) is 4.63. The van der Waals surface area contributed by atoms with E-state index in [1.807, 2.05) is 33.9 Å². The first-order valence-corrected chi connectivity index (χ1v) is 12.6. The van der Waals surface area contributed by atoms with Gasteiger partial charge in [0.2, 0.25) is 0 Å². The number of amides is 2. The van der Waals surface area contributed by atoms with Gasteiger partial charge in [0.05, 0.1) is 0 Å². The van der Waals surface area contributed by atoms with E-state index in [2.05, 4.69) is 21.7 Å². The van der Waals surface area contributed by atoms with Crippen LogP contribution in [-0.2, 0) is 4.74 Å². The highest BCUT2D eigenvalue weighted by molar-refractivity contribution is 5.92. The van der Waals surface area contributed by atoms with E-state index in [0.29, 0.717) is 31.9 Å². The molecule has 1 aliphatic heterocycles. The average Bonchev–Trinajstić information content (AvgIpc) is 2.80. The van der Waals surface area contributed by atoms with Crippen molar-refractivity contribution in [2.24, 2.45) is 5.92 Å². The molecule has 1 saturated carbocycles. The van der Waals surface area contributed by atoms with Gasteiger partial charge in [0.1, 0.15) is 5.60 Å². The monoisotopic (exact) mass is 471 g/mol. The SMILES string of the molecule is C=C1CCCC(CCCCN(C)C(=O)c2ccc(N3CCN(C(=O)OC(C)(C)C)CC3)nn2)C1. The van der Waals surface area contributed by atoms with Crippen molar-refractivity contribution in [1.82, 2.24) is 20.0 Å². The van der Waals surface area contributed by atoms with Crippen molar-refractivity contribution >= 4 is 17.8 Å². The molecule has 1 aliphatic carbocycles. The van der Waals surface area contributed by atoms with E-state index in [0.717, 1.165) is 31.1 Å². The Kier molecular flexibility index (Phi) is 8.91. The number of ether oxygens (including phenoxy) is 1. The van der Waals surface area contributed by atoms with Crippen molar-refractivity contribution in [3.8, 4) is 0 Å². The molecular weight excluding hydrogens is 430 g/mol. The Labute approximate surface area is 204 Å². The van der Waals surface area contributed by atoms with E-state index in [4.69, 9.17) is 4.74 Å². The lowest BCUT2D eigenvalue weighted by atomic mass is 9.83. The number of piperazine rings is 1. The predicted molar refractivity (Wildman–Crippen MR) is 134 cm³/mol. The first-order chi connectivity index (χ1) is 16.1. The van der Waals surface area contributed by atoms with Crippen LogP contribution in [0.5, 0.6) is 0 Å². The fourth-order valence-electron chi connectivity index (χ4n) is 4.63. The molecule has 0 bridgehead atoms. The Balaban J connectivity index is 1.40. The molecular formula is C26H41N5O3. The first-order valence-electron chi connectivity index (χ1n) is 12.6. The van der Waals surface area contributed by atoms with Crippen LogP contribution in [0.1, 0.15) is 76.2 Å². The smallest absolute Gasteiger partial charge is 0.410 e. The van der Waals surface area contributed by atoms with Crippen LogP contribution in [0.25, 0.3) is 0 Å². The number of rotatable bonds is 7. The lowest BCUT2D eigenvalue weighted by Crippen LogP contribution is -2.50. The summed E-state index contributed by atoms with van der Waals surface area (Å²) in [5.74, 6) is 1.39. The van der Waals surface area contributed by atoms with Crippen molar-refractivity contribution in [3.63, 3.8) is 0 Å². The molecule has 2 fully saturated rings. The molecule has 34 heavy (non-hydrogen) atoms. The summed E-state index contributed by atoms with van der Waals surface area (Å²) < 4.78 is 5.45. The molecule has 1 aromatic rings. The normalized spacial score (nSPS) is 19.2. The van der Waals surface area contributed by atoms with E-state index < -0.39 is 5.60 Å². The molecule has 0 spiro atoms. The van der Waals surface area contributed by atoms with Gasteiger partial charge < -0.3 is 19.4 Å². The number of nitrogens with zero attached hydrogens (tertiary/aromatic N) is 5. The van der Waals surface area contributed by atoms with Crippen molar-refractivity contribution in [2.45, 2.75) is 71.3 Å². The van der Waals surface area contributed by atoms with Crippen LogP contribution in [-0.4, -0.2) is 77.4 Å². The summed E-state index contributed by atoms with van der Waals surface area (Å²) in [6.45, 7) is 12.9. The number of carbonyl (C=O) groups is 2. The Hall–Kier alpha value is -2.64. The molecule has 188 valence electrons. The standard InChI is InChI=1S/C26H41N5O3/c1-20-9-8-11-21(19-20)10-6-7-14-29(5)24(32)22-12-13-23(28-27-22)30-15-17-31(18-16-30)25(33)34-26(2,3)4/h12-13,21H,1,6-11,14-19H2,2-5H3. The van der Waals surface area contributed by atoms with Crippen LogP contribution < -0.4 is 4.90 Å². The molecule has 1 unspecified atom stereocenters. The summed E-state index contributed by atoms with van der Waals surface area (Å²) in [7, 11) is 1.83. The second kappa shape index (κ2) is 11.7. The van der Waals surface area contributed by atoms with Gasteiger partial charge in [0, 0.05) is 39.8 Å². The average molecular weight is 472 g/mol. The molecule has 1 aromatic heterocycles. The van der Waals surface area contributed by atoms with Gasteiger partial charge in [-0.25, -0.2) is 4.79 Å². The van der Waals surface area contributed by atoms with Gasteiger partial charge in [-0.1, -0.05) is 25.0 Å². The van der Waals surface area contributed by atoms with Crippen LogP contribution in [0.15, 0.2) is 24.3 Å². The third kappa shape index (κ3) is 7.71. The van der Waals surface area contributed by atoms with E-state index in [1.165, 1.54) is 37.7 Å². The Morgan fingerprint density at radius 2 is 1.88 bits per heavy atom. The summed E-state index contributed by atoms with van der Waals surface area (Å²) in [4.78, 5) is 30.5. The zero-order valence-electron chi connectivity index (χ0n) is 21.4. The van der Waals surface area contributed by atoms with Gasteiger partial charge in [-0.15, -0.1) is 10.2 Å². The number of aromatic nitrogens is 2. The number of anilines is 1. The van der Waals surface area contributed by atoms with Crippen molar-refractivity contribution in [2.75, 3.05) is 44.7 Å². The molecule has 1 saturated heterocycles. The van der Waals surface area contributed by atoms with E-state index in [1.54, 1.807) is 15.9 Å². The van der Waals surface area contributed by atoms with Crippen LogP contribution in [0.4, 0.5) is 10.6 Å². The van der Waals surface area contributed by atoms with Crippen LogP contribution >= 0.6 is 0 Å². The molecule has 2 amide bonds. The number of unbranched alkanes of at least 4 members (excludes halogenated alkanes) is 1. The largest absolute Gasteiger partial charge is 0.444 e. The highest BCUT2D eigenvalue weighted by atomic mass is 16.6. The van der Waals surface area contributed by atoms with Crippen molar-refractivity contribution in [1.29, 1.82) is 0 Å². The van der Waals surface area contributed by atoms with Gasteiger partial charge in [0.15, 0.2) is 11.5 Å². The molecule has 8 nitrogen and oxygen atoms in total. The molecule has 2 aliphatic rings. The second-order valence-corrected chi connectivity index (χ2v) is 10.7.